The van der Waals surface area contributed by atoms with Gasteiger partial charge in [-0.15, -0.1) is 0 Å². The van der Waals surface area contributed by atoms with Crippen molar-refractivity contribution in [2.24, 2.45) is 59.1 Å². The maximum atomic E-state index is 14.0. The first-order chi connectivity index (χ1) is 93.0. The minimum absolute atomic E-state index is 0.0550. The van der Waals surface area contributed by atoms with Crippen molar-refractivity contribution in [3.05, 3.63) is 116 Å². The van der Waals surface area contributed by atoms with Gasteiger partial charge in [-0.3, -0.25) is 48.5 Å². The molecule has 0 radical (unpaired) electrons. The number of piperidine rings is 5. The van der Waals surface area contributed by atoms with Gasteiger partial charge in [0.25, 0.3) is 0 Å². The first kappa shape index (κ1) is 27.6. The van der Waals surface area contributed by atoms with Crippen molar-refractivity contribution in [1.29, 1.82) is 0 Å². The molecule has 12 unspecified atom stereocenters. The number of rotatable bonds is 22. The quantitative estimate of drug-likeness (QED) is 0.0634. The zero-order chi connectivity index (χ0) is 168. The molecule has 0 saturated carbocycles. The van der Waals surface area contributed by atoms with Gasteiger partial charge in [0.15, 0.2) is 57.5 Å². The van der Waals surface area contributed by atoms with E-state index in [2.05, 4.69) is 18.9 Å². The molecule has 10 aliphatic heterocycles. The van der Waals surface area contributed by atoms with Crippen LogP contribution in [0.15, 0.2) is 60.4 Å². The van der Waals surface area contributed by atoms with Gasteiger partial charge in [-0.1, -0.05) is 81.8 Å². The molecular weight excluding hydrogens is 1480 g/mol. The summed E-state index contributed by atoms with van der Waals surface area (Å²) >= 11 is 0. The van der Waals surface area contributed by atoms with Crippen molar-refractivity contribution in [3.8, 4) is 57.5 Å². The number of nitrogens with zero attached hydrogens (tertiary/aromatic N) is 5. The van der Waals surface area contributed by atoms with E-state index in [0.29, 0.717) is 18.7 Å². The van der Waals surface area contributed by atoms with Crippen LogP contribution in [0.1, 0.15) is 363 Å². The van der Waals surface area contributed by atoms with Gasteiger partial charge in [-0.25, -0.2) is 0 Å². The van der Waals surface area contributed by atoms with Crippen molar-refractivity contribution in [2.75, 3.05) is 135 Å². The van der Waals surface area contributed by atoms with Crippen molar-refractivity contribution in [3.63, 3.8) is 0 Å². The molecule has 0 bridgehead atoms. The van der Waals surface area contributed by atoms with Gasteiger partial charge >= 0.3 is 0 Å². The summed E-state index contributed by atoms with van der Waals surface area (Å²) in [4.78, 5) is 67.8. The van der Waals surface area contributed by atoms with Crippen molar-refractivity contribution >= 4 is 28.9 Å². The molecule has 642 valence electrons. The summed E-state index contributed by atoms with van der Waals surface area (Å²) in [6.45, 7) is -29.5. The van der Waals surface area contributed by atoms with Crippen LogP contribution in [0.2, 0.25) is 0 Å². The van der Waals surface area contributed by atoms with Gasteiger partial charge in [0.2, 0.25) is 0 Å². The van der Waals surface area contributed by atoms with E-state index < -0.39 is 525 Å². The van der Waals surface area contributed by atoms with E-state index in [1.807, 2.05) is 0 Å². The molecule has 5 saturated heterocycles. The fraction of sp³-hybridized carbons (Fsp3) is 0.639. The van der Waals surface area contributed by atoms with Crippen LogP contribution < -0.4 is 47.4 Å². The highest BCUT2D eigenvalue weighted by atomic mass is 16.5. The van der Waals surface area contributed by atoms with Crippen LogP contribution >= 0.6 is 0 Å². The van der Waals surface area contributed by atoms with E-state index in [-0.39, 0.29) is 44.3 Å². The lowest BCUT2D eigenvalue weighted by Crippen LogP contribution is -2.46. The monoisotopic (exact) mass is 1710 g/mol. The molecule has 15 rings (SSSR count). The summed E-state index contributed by atoms with van der Waals surface area (Å²) in [6, 6.07) is -30.9. The summed E-state index contributed by atoms with van der Waals surface area (Å²) in [5.74, 6) is -44.9. The summed E-state index contributed by atoms with van der Waals surface area (Å²) in [5, 5.41) is 0. The van der Waals surface area contributed by atoms with Crippen molar-refractivity contribution in [2.45, 2.75) is 208 Å². The maximum absolute atomic E-state index is 14.0. The van der Waals surface area contributed by atoms with Gasteiger partial charge in [0.05, 0.1) is 132 Å². The average molecular weight is 1710 g/mol. The second-order valence-electron chi connectivity index (χ2n) is 26.5. The SMILES string of the molecule is [2H]c1c(OC([2H])([2H])[2H])c(OC([2H])([2H])[2H])c([2H])c2c1C([2H])([2H])C([2H])([2H])N1C([2H])([2H])C([2H])(CC(C)C)C(=O)C([2H])([2H])C21[2H].[2H]c1c(OC([2H])([2H])[2H])c(OC([2H])([2H])[2H])c([2H])c2c1C([2H])([2H])C([2H])([2H])N1CC([2H])(C([2H])([2H])C([2H])(C([2H])([2H])[2H])C([2H])([2H])C)C(=O)C([2H])([2H])C21[2H].[2H]c1c(OC([2H])([2H])[2H])c(OC([2H])([2H])[2H])c([2H])c2c1C([2H])([2H])C([2H])([2H])N1CC([2H])(CC(C)C)C(=O)C([2H])([2H])C21[2H].[2H]c1c(OC([2H])([2H])[2H])c(OC([2H])([2H])[2H])c([2H])c2c1C1([2H])CC(=O)C(C([2H])([2H])C([2H])(C([2H])([2H])[2H])C([2H])([2H])C)C([2H])([2H])N1C([2H])([2H])C2([2H])[2H].[2H]c1c(OC([2H])([2H])[2H])c(OC([2H])([2H])[2H])c([2H])c2c1C1([2H])CC(=O)C(CC(C)C)C([2H])([2H])N1C([2H])([2H])C2([2H])[2H]. The Balaban J connectivity index is 0.000000244. The van der Waals surface area contributed by atoms with E-state index >= 15 is 0 Å². The van der Waals surface area contributed by atoms with Crippen LogP contribution in [0.5, 0.6) is 57.5 Å². The number of fused-ring (bicyclic) bond motifs is 15. The highest BCUT2D eigenvalue weighted by molar-refractivity contribution is 5.86. The number of hydrogen-bond donors (Lipinski definition) is 0. The Bertz CT molecular complexity index is 8850. The number of methoxy groups -OCH3 is 10. The standard InChI is InChI=1S/2C20H29NO3.3C19H27NO3/c2*1-5-13(2)8-15-12-21-7-6-14-9-19(23-3)20(24-4)10-16(14)17(21)11-18(15)22;3*1-12(2)7-14-11-20-6-5-13-8-18(22-3)19(23-4)9-15(13)16(20)10-17(14)21/h2*9-10,13,15,17H,5-8,11-12H2,1-4H3;3*8-9,12,14,16H,5-7,10-11H2,1-4H3/i2D3,3D3,4D3,5D2,6D2,7D2,8D2,9D,10D,11D2,13D,15D,17D;2D3,3D3,4D3,5D2,6D2,7D2,8D2,9D,10D,12D2,13D,17D;3D3,4D3,5D2,6D2,8D,9D,10D2,11D2,14D,16D;3D3,4D3,5D2,6D2,8D,9D,10D2,14D,16D;3D3,4D3,5D2,6D2,8D,9D,11D2,16D. The Morgan fingerprint density at radius 1 is 0.368 bits per heavy atom. The van der Waals surface area contributed by atoms with Gasteiger partial charge < -0.3 is 47.4 Å². The molecule has 5 aromatic rings. The normalized spacial score (nSPS) is 50.8. The third-order valence-corrected chi connectivity index (χ3v) is 17.2. The lowest BCUT2D eigenvalue weighted by Gasteiger charge is -2.43. The minimum atomic E-state index is -4.30. The Morgan fingerprint density at radius 2 is 0.650 bits per heavy atom. The Hall–Kier alpha value is -7.75. The van der Waals surface area contributed by atoms with E-state index in [1.54, 1.807) is 27.7 Å². The van der Waals surface area contributed by atoms with Crippen LogP contribution in [-0.2, 0) is 55.8 Å². The fourth-order valence-electron chi connectivity index (χ4n) is 11.9. The number of Topliss-reactive ketones (excluding diaryl/α,β-unsaturated/α-hetero) is 5. The molecule has 0 spiro atoms. The van der Waals surface area contributed by atoms with E-state index in [9.17, 15) is 30.8 Å². The van der Waals surface area contributed by atoms with Crippen molar-refractivity contribution < 1.29 is 203 Å². The molecule has 0 amide bonds. The third-order valence-electron chi connectivity index (χ3n) is 17.2. The van der Waals surface area contributed by atoms with Crippen LogP contribution in [0, 0.1) is 59.1 Å². The summed E-state index contributed by atoms with van der Waals surface area (Å²) < 4.78 is 837. The zero-order valence-electron chi connectivity index (χ0n) is 159. The molecule has 5 fully saturated rings. The van der Waals surface area contributed by atoms with Gasteiger partial charge in [-0.05, 0) is 209 Å². The van der Waals surface area contributed by atoms with Crippen molar-refractivity contribution in [1.82, 2.24) is 24.5 Å². The topological polar surface area (TPSA) is 194 Å². The second-order valence-corrected chi connectivity index (χ2v) is 26.5. The lowest BCUT2D eigenvalue weighted by molar-refractivity contribution is -0.130. The third kappa shape index (κ3) is 21.0. The minimum Gasteiger partial charge on any atom is -0.493 e. The fourth-order valence-corrected chi connectivity index (χ4v) is 11.9. The predicted molar refractivity (Wildman–Crippen MR) is 460 cm³/mol. The zero-order valence-corrected chi connectivity index (χ0v) is 62.7. The van der Waals surface area contributed by atoms with Crippen LogP contribution in [-0.4, -0.2) is 189 Å². The van der Waals surface area contributed by atoms with Gasteiger partial charge in [-0.2, -0.15) is 0 Å². The smallest absolute Gasteiger partial charge is 0.161 e. The first-order valence-corrected chi connectivity index (χ1v) is 34.5. The number of benzene rings is 5. The highest BCUT2D eigenvalue weighted by Gasteiger charge is 2.45. The largest absolute Gasteiger partial charge is 0.493 e. The lowest BCUT2D eigenvalue weighted by atomic mass is 9.79. The average Bonchev–Trinajstić information content (AvgIpc) is 0.633. The summed E-state index contributed by atoms with van der Waals surface area (Å²) in [7, 11) is -34.5. The first-order valence-electron chi connectivity index (χ1n) is 82.5. The molecule has 0 N–H and O–H groups in total. The summed E-state index contributed by atoms with van der Waals surface area (Å²) in [5.41, 5.74) is -12.5. The molecule has 12 atom stereocenters. The van der Waals surface area contributed by atoms with Gasteiger partial charge in [0, 0.05) is 227 Å². The maximum Gasteiger partial charge on any atom is 0.161 e. The molecule has 117 heavy (non-hydrogen) atoms. The number of hydrogen-bond acceptors (Lipinski definition) is 20. The van der Waals surface area contributed by atoms with Crippen LogP contribution in [0.4, 0.5) is 0 Å². The number of carbonyl (C=O) groups excluding carboxylic acids is 5. The molecule has 0 aromatic heterocycles. The molecule has 0 aliphatic carbocycles. The molecular formula is C97H139N5O15. The van der Waals surface area contributed by atoms with E-state index in [1.165, 1.54) is 13.8 Å². The van der Waals surface area contributed by atoms with Crippen LogP contribution in [0.3, 0.4) is 0 Å². The molecule has 20 heteroatoms. The Kier molecular flexibility index (Phi) is 9.68. The van der Waals surface area contributed by atoms with Gasteiger partial charge in [0.1, 0.15) is 28.9 Å². The number of carbonyl (C=O) groups is 5. The Labute approximate surface area is 834 Å². The number of ether oxygens (including phenoxy) is 10. The Morgan fingerprint density at radius 3 is 1.00 bits per heavy atom. The highest BCUT2D eigenvalue weighted by Crippen LogP contribution is 2.49. The molecule has 10 aliphatic rings. The number of ketones is 5. The molecule has 5 aromatic carbocycles. The van der Waals surface area contributed by atoms with E-state index in [0.717, 1.165) is 0 Å². The summed E-state index contributed by atoms with van der Waals surface area (Å²) in [6.07, 6.45) is -48.3. The predicted octanol–water partition coefficient (Wildman–Crippen LogP) is 17.0. The second kappa shape index (κ2) is 41.0. The molecule has 20 nitrogen and oxygen atoms in total. The van der Waals surface area contributed by atoms with E-state index in [4.69, 9.17) is 153 Å². The molecule has 10 heterocycles. The van der Waals surface area contributed by atoms with Crippen LogP contribution in [0.25, 0.3) is 0 Å².